The maximum Gasteiger partial charge on any atom is 0.230 e. The van der Waals surface area contributed by atoms with E-state index in [2.05, 4.69) is 0 Å². The van der Waals surface area contributed by atoms with E-state index in [9.17, 15) is 9.59 Å². The second-order valence-corrected chi connectivity index (χ2v) is 5.42. The number of amides is 2. The fourth-order valence-electron chi connectivity index (χ4n) is 2.14. The number of hydrogen-bond donors (Lipinski definition) is 1. The van der Waals surface area contributed by atoms with Gasteiger partial charge in [0.1, 0.15) is 18.1 Å². The monoisotopic (exact) mass is 251 g/mol. The van der Waals surface area contributed by atoms with Gasteiger partial charge >= 0.3 is 0 Å². The minimum atomic E-state index is -0.260. The lowest BCUT2D eigenvalue weighted by Gasteiger charge is -2.34. The second-order valence-electron chi connectivity index (χ2n) is 5.42. The van der Waals surface area contributed by atoms with Crippen LogP contribution in [0.5, 0.6) is 0 Å². The maximum absolute atomic E-state index is 11.9. The van der Waals surface area contributed by atoms with Crippen molar-refractivity contribution in [1.29, 1.82) is 0 Å². The van der Waals surface area contributed by atoms with E-state index >= 15 is 0 Å². The van der Waals surface area contributed by atoms with E-state index in [1.807, 2.05) is 13.8 Å². The number of carbonyl (C=O) groups is 2. The molecule has 5 nitrogen and oxygen atoms in total. The van der Waals surface area contributed by atoms with E-state index in [-0.39, 0.29) is 30.4 Å². The van der Waals surface area contributed by atoms with Crippen molar-refractivity contribution in [3.8, 4) is 0 Å². The van der Waals surface area contributed by atoms with Crippen LogP contribution >= 0.6 is 0 Å². The summed E-state index contributed by atoms with van der Waals surface area (Å²) in [7, 11) is 0. The molecule has 0 radical (unpaired) electrons. The van der Waals surface area contributed by atoms with Gasteiger partial charge in [0.15, 0.2) is 0 Å². The Labute approximate surface area is 105 Å². The Hall–Kier alpha value is -1.62. The van der Waals surface area contributed by atoms with Gasteiger partial charge in [-0.05, 0) is 17.5 Å². The first kappa shape index (κ1) is 12.8. The van der Waals surface area contributed by atoms with E-state index in [1.165, 1.54) is 4.90 Å². The van der Waals surface area contributed by atoms with Crippen molar-refractivity contribution in [1.82, 2.24) is 4.90 Å². The highest BCUT2D eigenvalue weighted by Crippen LogP contribution is 2.32. The van der Waals surface area contributed by atoms with Gasteiger partial charge in [-0.1, -0.05) is 13.8 Å². The van der Waals surface area contributed by atoms with Crippen LogP contribution in [0, 0.1) is 5.41 Å². The Morgan fingerprint density at radius 3 is 2.28 bits per heavy atom. The van der Waals surface area contributed by atoms with Crippen LogP contribution in [-0.4, -0.2) is 21.8 Å². The third kappa shape index (κ3) is 2.61. The highest BCUT2D eigenvalue weighted by atomic mass is 16.4. The minimum Gasteiger partial charge on any atom is -0.462 e. The number of hydrogen-bond acceptors (Lipinski definition) is 4. The summed E-state index contributed by atoms with van der Waals surface area (Å²) in [4.78, 5) is 25.1. The number of aliphatic hydroxyl groups is 1. The standard InChI is InChI=1S/C13H17NO4/c1-13(2)5-11(16)14(12(17)6-13)7-9-3-4-10(8-15)18-9/h3-4,15H,5-8H2,1-2H3. The Morgan fingerprint density at radius 1 is 1.22 bits per heavy atom. The van der Waals surface area contributed by atoms with E-state index in [4.69, 9.17) is 9.52 Å². The third-order valence-electron chi connectivity index (χ3n) is 3.05. The average molecular weight is 251 g/mol. The number of furan rings is 1. The molecule has 0 aromatic carbocycles. The van der Waals surface area contributed by atoms with Gasteiger partial charge < -0.3 is 9.52 Å². The molecule has 1 aliphatic heterocycles. The third-order valence-corrected chi connectivity index (χ3v) is 3.05. The molecule has 1 aromatic rings. The molecule has 1 N–H and O–H groups in total. The zero-order chi connectivity index (χ0) is 13.3. The van der Waals surface area contributed by atoms with Gasteiger partial charge in [-0.3, -0.25) is 14.5 Å². The number of imide groups is 1. The molecule has 2 heterocycles. The van der Waals surface area contributed by atoms with Crippen LogP contribution in [0.25, 0.3) is 0 Å². The van der Waals surface area contributed by atoms with Crippen molar-refractivity contribution in [3.05, 3.63) is 23.7 Å². The summed E-state index contributed by atoms with van der Waals surface area (Å²) in [5, 5.41) is 8.89. The molecule has 2 amide bonds. The van der Waals surface area contributed by atoms with Crippen LogP contribution in [0.1, 0.15) is 38.2 Å². The highest BCUT2D eigenvalue weighted by molar-refractivity contribution is 5.98. The first-order chi connectivity index (χ1) is 8.41. The largest absolute Gasteiger partial charge is 0.462 e. The Kier molecular flexibility index (Phi) is 3.26. The average Bonchev–Trinajstić information content (AvgIpc) is 2.70. The number of aliphatic hydroxyl groups excluding tert-OH is 1. The van der Waals surface area contributed by atoms with Crippen molar-refractivity contribution in [3.63, 3.8) is 0 Å². The van der Waals surface area contributed by atoms with Gasteiger partial charge in [-0.15, -0.1) is 0 Å². The minimum absolute atomic E-state index is 0.147. The Bertz CT molecular complexity index is 455. The summed E-state index contributed by atoms with van der Waals surface area (Å²) in [5.74, 6) is 0.610. The van der Waals surface area contributed by atoms with E-state index in [0.717, 1.165) is 0 Å². The zero-order valence-corrected chi connectivity index (χ0v) is 10.6. The Morgan fingerprint density at radius 2 is 1.78 bits per heavy atom. The lowest BCUT2D eigenvalue weighted by Crippen LogP contribution is -2.45. The predicted octanol–water partition coefficient (Wildman–Crippen LogP) is 1.45. The molecule has 2 rings (SSSR count). The van der Waals surface area contributed by atoms with Crippen molar-refractivity contribution in [2.75, 3.05) is 0 Å². The van der Waals surface area contributed by atoms with E-state index < -0.39 is 0 Å². The van der Waals surface area contributed by atoms with Crippen molar-refractivity contribution >= 4 is 11.8 Å². The van der Waals surface area contributed by atoms with Crippen molar-refractivity contribution in [2.24, 2.45) is 5.41 Å². The number of likely N-dealkylation sites (tertiary alicyclic amines) is 1. The lowest BCUT2D eigenvalue weighted by atomic mass is 9.82. The lowest BCUT2D eigenvalue weighted by molar-refractivity contribution is -0.153. The molecule has 1 aliphatic rings. The first-order valence-electron chi connectivity index (χ1n) is 5.93. The molecule has 0 bridgehead atoms. The van der Waals surface area contributed by atoms with E-state index in [1.54, 1.807) is 12.1 Å². The molecule has 1 aromatic heterocycles. The van der Waals surface area contributed by atoms with Gasteiger partial charge in [0.25, 0.3) is 0 Å². The van der Waals surface area contributed by atoms with Crippen LogP contribution in [0.3, 0.4) is 0 Å². The SMILES string of the molecule is CC1(C)CC(=O)N(Cc2ccc(CO)o2)C(=O)C1. The van der Waals surface area contributed by atoms with Crippen molar-refractivity contribution in [2.45, 2.75) is 39.8 Å². The second kappa shape index (κ2) is 4.57. The summed E-state index contributed by atoms with van der Waals surface area (Å²) in [5.41, 5.74) is -0.260. The molecule has 18 heavy (non-hydrogen) atoms. The summed E-state index contributed by atoms with van der Waals surface area (Å²) in [6.45, 7) is 3.79. The summed E-state index contributed by atoms with van der Waals surface area (Å²) < 4.78 is 5.29. The molecule has 1 saturated heterocycles. The number of nitrogens with zero attached hydrogens (tertiary/aromatic N) is 1. The molecule has 0 saturated carbocycles. The van der Waals surface area contributed by atoms with Gasteiger partial charge in [0.2, 0.25) is 11.8 Å². The number of rotatable bonds is 3. The van der Waals surface area contributed by atoms with Gasteiger partial charge in [0, 0.05) is 12.8 Å². The first-order valence-corrected chi connectivity index (χ1v) is 5.93. The fourth-order valence-corrected chi connectivity index (χ4v) is 2.14. The van der Waals surface area contributed by atoms with Gasteiger partial charge in [0.05, 0.1) is 6.54 Å². The smallest absolute Gasteiger partial charge is 0.230 e. The summed E-state index contributed by atoms with van der Waals surface area (Å²) >= 11 is 0. The predicted molar refractivity (Wildman–Crippen MR) is 63.2 cm³/mol. The van der Waals surface area contributed by atoms with Crippen molar-refractivity contribution < 1.29 is 19.1 Å². The van der Waals surface area contributed by atoms with Crippen LogP contribution < -0.4 is 0 Å². The zero-order valence-electron chi connectivity index (χ0n) is 10.6. The van der Waals surface area contributed by atoms with Crippen LogP contribution in [0.2, 0.25) is 0 Å². The molecule has 5 heteroatoms. The van der Waals surface area contributed by atoms with Gasteiger partial charge in [-0.2, -0.15) is 0 Å². The highest BCUT2D eigenvalue weighted by Gasteiger charge is 2.37. The molecule has 0 unspecified atom stereocenters. The van der Waals surface area contributed by atoms with Gasteiger partial charge in [-0.25, -0.2) is 0 Å². The normalized spacial score (nSPS) is 19.4. The molecular formula is C13H17NO4. The molecule has 0 spiro atoms. The number of carbonyl (C=O) groups excluding carboxylic acids is 2. The number of piperidine rings is 1. The summed E-state index contributed by atoms with van der Waals surface area (Å²) in [6, 6.07) is 3.31. The molecule has 0 atom stereocenters. The molecular weight excluding hydrogens is 234 g/mol. The van der Waals surface area contributed by atoms with Crippen LogP contribution in [0.15, 0.2) is 16.5 Å². The maximum atomic E-state index is 11.9. The Balaban J connectivity index is 2.09. The molecule has 0 aliphatic carbocycles. The molecule has 98 valence electrons. The van der Waals surface area contributed by atoms with Crippen LogP contribution in [0.4, 0.5) is 0 Å². The van der Waals surface area contributed by atoms with E-state index in [0.29, 0.717) is 24.4 Å². The quantitative estimate of drug-likeness (QED) is 0.825. The van der Waals surface area contributed by atoms with Crippen LogP contribution in [-0.2, 0) is 22.7 Å². The molecule has 1 fully saturated rings. The topological polar surface area (TPSA) is 70.8 Å². The summed E-state index contributed by atoms with van der Waals surface area (Å²) in [6.07, 6.45) is 0.735. The fraction of sp³-hybridized carbons (Fsp3) is 0.538.